The summed E-state index contributed by atoms with van der Waals surface area (Å²) >= 11 is 0. The normalized spacial score (nSPS) is 11.0. The predicted molar refractivity (Wildman–Crippen MR) is 96.6 cm³/mol. The van der Waals surface area contributed by atoms with Crippen molar-refractivity contribution in [2.24, 2.45) is 0 Å². The van der Waals surface area contributed by atoms with Gasteiger partial charge in [-0.25, -0.2) is 17.2 Å². The first-order valence-electron chi connectivity index (χ1n) is 7.84. The minimum atomic E-state index is -4.19. The molecule has 1 aromatic heterocycles. The minimum Gasteiger partial charge on any atom is -0.481 e. The molecule has 0 saturated heterocycles. The van der Waals surface area contributed by atoms with Gasteiger partial charge in [-0.3, -0.25) is 4.98 Å². The lowest BCUT2D eigenvalue weighted by atomic mass is 10.2. The van der Waals surface area contributed by atoms with Crippen LogP contribution in [0, 0.1) is 23.5 Å². The van der Waals surface area contributed by atoms with Crippen molar-refractivity contribution in [3.05, 3.63) is 66.4 Å². The van der Waals surface area contributed by atoms with Crippen molar-refractivity contribution in [3.8, 4) is 17.6 Å². The number of aromatic nitrogens is 1. The van der Waals surface area contributed by atoms with E-state index in [4.69, 9.17) is 4.74 Å². The number of sulfonamides is 1. The Morgan fingerprint density at radius 1 is 1.07 bits per heavy atom. The smallest absolute Gasteiger partial charge is 0.244 e. The van der Waals surface area contributed by atoms with Crippen molar-refractivity contribution >= 4 is 20.9 Å². The SMILES string of the molecule is O=S(=O)(NCC#CCOc1ccc2cccnc2c1)c1cc(F)ccc1F. The summed E-state index contributed by atoms with van der Waals surface area (Å²) in [6.07, 6.45) is 1.68. The monoisotopic (exact) mass is 388 g/mol. The van der Waals surface area contributed by atoms with E-state index in [1.54, 1.807) is 18.3 Å². The maximum absolute atomic E-state index is 13.5. The summed E-state index contributed by atoms with van der Waals surface area (Å²) < 4.78 is 58.1. The molecule has 0 saturated carbocycles. The molecule has 2 aromatic carbocycles. The lowest BCUT2D eigenvalue weighted by Gasteiger charge is -2.05. The van der Waals surface area contributed by atoms with Gasteiger partial charge in [-0.1, -0.05) is 17.9 Å². The number of hydrogen-bond acceptors (Lipinski definition) is 4. The van der Waals surface area contributed by atoms with E-state index in [1.165, 1.54) is 0 Å². The molecule has 1 heterocycles. The molecule has 5 nitrogen and oxygen atoms in total. The fraction of sp³-hybridized carbons (Fsp3) is 0.105. The van der Waals surface area contributed by atoms with Crippen molar-refractivity contribution < 1.29 is 21.9 Å². The van der Waals surface area contributed by atoms with Crippen LogP contribution >= 0.6 is 0 Å². The first-order valence-corrected chi connectivity index (χ1v) is 9.32. The van der Waals surface area contributed by atoms with Crippen molar-refractivity contribution in [2.75, 3.05) is 13.2 Å². The second kappa shape index (κ2) is 8.12. The summed E-state index contributed by atoms with van der Waals surface area (Å²) in [7, 11) is -4.19. The van der Waals surface area contributed by atoms with Gasteiger partial charge in [0.1, 0.15) is 28.9 Å². The lowest BCUT2D eigenvalue weighted by molar-refractivity contribution is 0.370. The number of benzene rings is 2. The van der Waals surface area contributed by atoms with Crippen LogP contribution in [0.5, 0.6) is 5.75 Å². The average molecular weight is 388 g/mol. The van der Waals surface area contributed by atoms with Gasteiger partial charge in [0, 0.05) is 17.6 Å². The highest BCUT2D eigenvalue weighted by molar-refractivity contribution is 7.89. The quantitative estimate of drug-likeness (QED) is 0.683. The molecule has 8 heteroatoms. The van der Waals surface area contributed by atoms with Crippen molar-refractivity contribution in [2.45, 2.75) is 4.90 Å². The van der Waals surface area contributed by atoms with Crippen LogP contribution in [-0.4, -0.2) is 26.6 Å². The van der Waals surface area contributed by atoms with Crippen LogP contribution in [0.4, 0.5) is 8.78 Å². The molecule has 0 aliphatic rings. The van der Waals surface area contributed by atoms with E-state index in [-0.39, 0.29) is 13.2 Å². The zero-order valence-corrected chi connectivity index (χ0v) is 14.8. The predicted octanol–water partition coefficient (Wildman–Crippen LogP) is 2.87. The fourth-order valence-corrected chi connectivity index (χ4v) is 3.27. The van der Waals surface area contributed by atoms with Gasteiger partial charge in [-0.2, -0.15) is 4.72 Å². The molecule has 0 spiro atoms. The van der Waals surface area contributed by atoms with E-state index in [2.05, 4.69) is 21.5 Å². The number of fused-ring (bicyclic) bond motifs is 1. The Balaban J connectivity index is 1.55. The molecule has 0 atom stereocenters. The van der Waals surface area contributed by atoms with Gasteiger partial charge in [-0.15, -0.1) is 0 Å². The molecular formula is C19H14F2N2O3S. The Kier molecular flexibility index (Phi) is 5.64. The topological polar surface area (TPSA) is 68.3 Å². The summed E-state index contributed by atoms with van der Waals surface area (Å²) in [5.74, 6) is 3.90. The summed E-state index contributed by atoms with van der Waals surface area (Å²) in [6.45, 7) is -0.227. The zero-order chi connectivity index (χ0) is 19.3. The van der Waals surface area contributed by atoms with Crippen molar-refractivity contribution in [1.82, 2.24) is 9.71 Å². The zero-order valence-electron chi connectivity index (χ0n) is 13.9. The summed E-state index contributed by atoms with van der Waals surface area (Å²) in [5, 5.41) is 0.981. The molecule has 0 radical (unpaired) electrons. The van der Waals surface area contributed by atoms with E-state index < -0.39 is 26.6 Å². The third-order valence-electron chi connectivity index (χ3n) is 3.55. The highest BCUT2D eigenvalue weighted by atomic mass is 32.2. The van der Waals surface area contributed by atoms with Crippen LogP contribution < -0.4 is 9.46 Å². The molecule has 0 aliphatic heterocycles. The molecule has 0 bridgehead atoms. The first kappa shape index (κ1) is 18.8. The summed E-state index contributed by atoms with van der Waals surface area (Å²) in [6, 6.07) is 11.4. The first-order chi connectivity index (χ1) is 13.0. The molecule has 0 fully saturated rings. The molecule has 0 unspecified atom stereocenters. The van der Waals surface area contributed by atoms with Crippen LogP contribution in [0.25, 0.3) is 10.9 Å². The summed E-state index contributed by atoms with van der Waals surface area (Å²) in [4.78, 5) is 3.46. The lowest BCUT2D eigenvalue weighted by Crippen LogP contribution is -2.25. The highest BCUT2D eigenvalue weighted by Gasteiger charge is 2.18. The van der Waals surface area contributed by atoms with E-state index >= 15 is 0 Å². The third kappa shape index (κ3) is 4.78. The number of nitrogens with zero attached hydrogens (tertiary/aromatic N) is 1. The van der Waals surface area contributed by atoms with Crippen LogP contribution in [0.3, 0.4) is 0 Å². The second-order valence-corrected chi connectivity index (χ2v) is 7.13. The van der Waals surface area contributed by atoms with Crippen LogP contribution in [-0.2, 0) is 10.0 Å². The maximum atomic E-state index is 13.5. The van der Waals surface area contributed by atoms with E-state index in [0.717, 1.165) is 23.0 Å². The Labute approximate surface area is 155 Å². The number of nitrogens with one attached hydrogen (secondary N) is 1. The molecule has 3 rings (SSSR count). The van der Waals surface area contributed by atoms with Gasteiger partial charge in [0.25, 0.3) is 0 Å². The Bertz CT molecular complexity index is 1140. The van der Waals surface area contributed by atoms with Gasteiger partial charge in [0.05, 0.1) is 12.1 Å². The highest BCUT2D eigenvalue weighted by Crippen LogP contribution is 2.18. The number of rotatable bonds is 5. The molecule has 138 valence electrons. The summed E-state index contributed by atoms with van der Waals surface area (Å²) in [5.41, 5.74) is 0.785. The molecule has 3 aromatic rings. The van der Waals surface area contributed by atoms with Gasteiger partial charge >= 0.3 is 0 Å². The largest absolute Gasteiger partial charge is 0.481 e. The third-order valence-corrected chi connectivity index (χ3v) is 4.96. The standard InChI is InChI=1S/C19H14F2N2O3S/c20-15-6-8-17(21)19(12-15)27(24,25)23-10-1-2-11-26-16-7-5-14-4-3-9-22-18(14)13-16/h3-9,12-13,23H,10-11H2. The van der Waals surface area contributed by atoms with Gasteiger partial charge in [0.15, 0.2) is 0 Å². The van der Waals surface area contributed by atoms with Crippen LogP contribution in [0.2, 0.25) is 0 Å². The Hall–Kier alpha value is -3.02. The average Bonchev–Trinajstić information content (AvgIpc) is 2.66. The van der Waals surface area contributed by atoms with Crippen molar-refractivity contribution in [3.63, 3.8) is 0 Å². The Morgan fingerprint density at radius 3 is 2.78 bits per heavy atom. The van der Waals surface area contributed by atoms with E-state index in [0.29, 0.717) is 11.8 Å². The molecule has 0 amide bonds. The maximum Gasteiger partial charge on any atom is 0.244 e. The molecule has 1 N–H and O–H groups in total. The number of ether oxygens (including phenoxy) is 1. The number of pyridine rings is 1. The number of halogens is 2. The van der Waals surface area contributed by atoms with Crippen LogP contribution in [0.15, 0.2) is 59.6 Å². The van der Waals surface area contributed by atoms with Gasteiger partial charge < -0.3 is 4.74 Å². The molecule has 0 aliphatic carbocycles. The Morgan fingerprint density at radius 2 is 1.93 bits per heavy atom. The van der Waals surface area contributed by atoms with Crippen molar-refractivity contribution in [1.29, 1.82) is 0 Å². The van der Waals surface area contributed by atoms with E-state index in [9.17, 15) is 17.2 Å². The number of hydrogen-bond donors (Lipinski definition) is 1. The van der Waals surface area contributed by atoms with Crippen LogP contribution in [0.1, 0.15) is 0 Å². The van der Waals surface area contributed by atoms with Gasteiger partial charge in [-0.05, 0) is 36.4 Å². The van der Waals surface area contributed by atoms with E-state index in [1.807, 2.05) is 18.2 Å². The minimum absolute atomic E-state index is 0.0361. The second-order valence-electron chi connectivity index (χ2n) is 5.40. The fourth-order valence-electron chi connectivity index (χ4n) is 2.26. The molecule has 27 heavy (non-hydrogen) atoms. The van der Waals surface area contributed by atoms with Gasteiger partial charge in [0.2, 0.25) is 10.0 Å². The molecular weight excluding hydrogens is 374 g/mol.